The number of aliphatic hydroxyl groups is 1. The third kappa shape index (κ3) is 2.17. The van der Waals surface area contributed by atoms with Crippen LogP contribution in [0.3, 0.4) is 0 Å². The SMILES string of the molecule is OC1(c2ccc(OC[Si])c3ccccc23)CCCC1. The minimum Gasteiger partial charge on any atom is -0.497 e. The molecule has 1 N–H and O–H groups in total. The van der Waals surface area contributed by atoms with Crippen LogP contribution in [0.1, 0.15) is 31.2 Å². The van der Waals surface area contributed by atoms with Gasteiger partial charge in [-0.1, -0.05) is 43.2 Å². The first-order valence-electron chi connectivity index (χ1n) is 6.77. The smallest absolute Gasteiger partial charge is 0.126 e. The van der Waals surface area contributed by atoms with Crippen LogP contribution in [0.15, 0.2) is 36.4 Å². The van der Waals surface area contributed by atoms with E-state index in [0.717, 1.165) is 47.8 Å². The van der Waals surface area contributed by atoms with Gasteiger partial charge in [0, 0.05) is 5.39 Å². The standard InChI is InChI=1S/C16H17O2Si/c17-16(9-3-4-10-16)14-7-8-15(18-11-19)13-6-2-1-5-12(13)14/h1-2,5-8,17H,3-4,9-11H2. The van der Waals surface area contributed by atoms with E-state index in [1.54, 1.807) is 0 Å². The lowest BCUT2D eigenvalue weighted by Gasteiger charge is -2.25. The highest BCUT2D eigenvalue weighted by molar-refractivity contribution is 6.08. The lowest BCUT2D eigenvalue weighted by molar-refractivity contribution is 0.0460. The molecular weight excluding hydrogens is 252 g/mol. The quantitative estimate of drug-likeness (QED) is 0.868. The van der Waals surface area contributed by atoms with Crippen LogP contribution in [0.25, 0.3) is 10.8 Å². The molecule has 97 valence electrons. The van der Waals surface area contributed by atoms with Gasteiger partial charge in [-0.2, -0.15) is 0 Å². The largest absolute Gasteiger partial charge is 0.497 e. The first-order chi connectivity index (χ1) is 9.24. The fourth-order valence-electron chi connectivity index (χ4n) is 3.11. The molecule has 3 heteroatoms. The summed E-state index contributed by atoms with van der Waals surface area (Å²) >= 11 is 0. The molecule has 19 heavy (non-hydrogen) atoms. The minimum absolute atomic E-state index is 0.466. The zero-order chi connectivity index (χ0) is 13.3. The summed E-state index contributed by atoms with van der Waals surface area (Å²) in [4.78, 5) is 0. The Morgan fingerprint density at radius 1 is 1.05 bits per heavy atom. The molecule has 0 heterocycles. The Morgan fingerprint density at radius 3 is 2.42 bits per heavy atom. The van der Waals surface area contributed by atoms with E-state index in [1.807, 2.05) is 30.3 Å². The van der Waals surface area contributed by atoms with Crippen LogP contribution in [-0.4, -0.2) is 21.6 Å². The molecule has 0 amide bonds. The van der Waals surface area contributed by atoms with Gasteiger partial charge in [-0.05, 0) is 29.9 Å². The number of fused-ring (bicyclic) bond motifs is 1. The summed E-state index contributed by atoms with van der Waals surface area (Å²) in [5, 5.41) is 13.0. The summed E-state index contributed by atoms with van der Waals surface area (Å²) in [5.41, 5.74) is 0.383. The molecule has 0 atom stereocenters. The maximum absolute atomic E-state index is 10.8. The van der Waals surface area contributed by atoms with Gasteiger partial charge in [-0.25, -0.2) is 0 Å². The molecule has 2 aromatic rings. The van der Waals surface area contributed by atoms with Gasteiger partial charge in [-0.3, -0.25) is 0 Å². The van der Waals surface area contributed by atoms with Crippen molar-refractivity contribution in [1.82, 2.24) is 0 Å². The normalized spacial score (nSPS) is 17.8. The average Bonchev–Trinajstić information content (AvgIpc) is 2.87. The van der Waals surface area contributed by atoms with E-state index < -0.39 is 5.60 Å². The molecule has 3 rings (SSSR count). The van der Waals surface area contributed by atoms with Gasteiger partial charge in [0.15, 0.2) is 0 Å². The molecule has 0 aromatic heterocycles. The van der Waals surface area contributed by atoms with Crippen molar-refractivity contribution < 1.29 is 9.84 Å². The Balaban J connectivity index is 2.19. The summed E-state index contributed by atoms with van der Waals surface area (Å²) in [5.74, 6) is 0.857. The second kappa shape index (κ2) is 4.98. The number of benzene rings is 2. The minimum atomic E-state index is -0.661. The molecule has 1 aliphatic carbocycles. The predicted molar refractivity (Wildman–Crippen MR) is 77.6 cm³/mol. The van der Waals surface area contributed by atoms with Crippen molar-refractivity contribution in [2.24, 2.45) is 0 Å². The van der Waals surface area contributed by atoms with Crippen LogP contribution in [0.5, 0.6) is 5.75 Å². The Morgan fingerprint density at radius 2 is 1.74 bits per heavy atom. The van der Waals surface area contributed by atoms with E-state index in [1.165, 1.54) is 0 Å². The fraction of sp³-hybridized carbons (Fsp3) is 0.375. The van der Waals surface area contributed by atoms with E-state index in [2.05, 4.69) is 16.3 Å². The number of hydrogen-bond donors (Lipinski definition) is 1. The zero-order valence-electron chi connectivity index (χ0n) is 10.9. The van der Waals surface area contributed by atoms with E-state index in [0.29, 0.717) is 6.23 Å². The maximum atomic E-state index is 10.8. The molecule has 2 aromatic carbocycles. The Hall–Kier alpha value is -1.32. The van der Waals surface area contributed by atoms with Gasteiger partial charge in [0.05, 0.1) is 22.1 Å². The van der Waals surface area contributed by atoms with E-state index in [9.17, 15) is 5.11 Å². The number of ether oxygens (including phenoxy) is 1. The van der Waals surface area contributed by atoms with Crippen molar-refractivity contribution in [3.8, 4) is 5.75 Å². The monoisotopic (exact) mass is 269 g/mol. The van der Waals surface area contributed by atoms with Crippen LogP contribution >= 0.6 is 0 Å². The molecule has 1 aliphatic rings. The summed E-state index contributed by atoms with van der Waals surface area (Å²) in [6, 6.07) is 12.1. The first-order valence-corrected chi connectivity index (χ1v) is 7.47. The van der Waals surface area contributed by atoms with Gasteiger partial charge >= 0.3 is 0 Å². The second-order valence-electron chi connectivity index (χ2n) is 5.18. The van der Waals surface area contributed by atoms with Gasteiger partial charge in [0.25, 0.3) is 0 Å². The molecule has 1 fully saturated rings. The highest BCUT2D eigenvalue weighted by Gasteiger charge is 2.34. The Labute approximate surface area is 116 Å². The second-order valence-corrected chi connectivity index (χ2v) is 5.47. The van der Waals surface area contributed by atoms with Gasteiger partial charge in [0.2, 0.25) is 0 Å². The Bertz CT molecular complexity index is 588. The number of rotatable bonds is 3. The molecule has 1 saturated carbocycles. The van der Waals surface area contributed by atoms with E-state index in [4.69, 9.17) is 4.74 Å². The van der Waals surface area contributed by atoms with Gasteiger partial charge < -0.3 is 9.84 Å². The lowest BCUT2D eigenvalue weighted by atomic mass is 9.88. The van der Waals surface area contributed by atoms with Crippen LogP contribution < -0.4 is 4.74 Å². The zero-order valence-corrected chi connectivity index (χ0v) is 11.9. The molecule has 0 unspecified atom stereocenters. The third-order valence-corrected chi connectivity index (χ3v) is 4.19. The molecule has 0 bridgehead atoms. The highest BCUT2D eigenvalue weighted by atomic mass is 28.1. The van der Waals surface area contributed by atoms with Crippen LogP contribution in [0, 0.1) is 0 Å². The molecule has 0 saturated heterocycles. The summed E-state index contributed by atoms with van der Waals surface area (Å²) in [6.45, 7) is 0. The Kier molecular flexibility index (Phi) is 3.33. The highest BCUT2D eigenvalue weighted by Crippen LogP contribution is 2.43. The first kappa shape index (κ1) is 12.7. The van der Waals surface area contributed by atoms with Crippen molar-refractivity contribution in [3.05, 3.63) is 42.0 Å². The third-order valence-electron chi connectivity index (χ3n) is 4.04. The van der Waals surface area contributed by atoms with Gasteiger partial charge in [-0.15, -0.1) is 0 Å². The number of hydrogen-bond acceptors (Lipinski definition) is 2. The van der Waals surface area contributed by atoms with Crippen molar-refractivity contribution in [2.75, 3.05) is 6.23 Å². The molecule has 2 nitrogen and oxygen atoms in total. The maximum Gasteiger partial charge on any atom is 0.126 e. The van der Waals surface area contributed by atoms with Crippen molar-refractivity contribution in [2.45, 2.75) is 31.3 Å². The van der Waals surface area contributed by atoms with Crippen molar-refractivity contribution in [1.29, 1.82) is 0 Å². The summed E-state index contributed by atoms with van der Waals surface area (Å²) < 4.78 is 5.60. The van der Waals surface area contributed by atoms with Gasteiger partial charge in [0.1, 0.15) is 5.75 Å². The van der Waals surface area contributed by atoms with Crippen LogP contribution in [0.4, 0.5) is 0 Å². The van der Waals surface area contributed by atoms with Crippen LogP contribution in [-0.2, 0) is 5.60 Å². The molecule has 3 radical (unpaired) electrons. The predicted octanol–water partition coefficient (Wildman–Crippen LogP) is 3.11. The van der Waals surface area contributed by atoms with E-state index in [-0.39, 0.29) is 0 Å². The van der Waals surface area contributed by atoms with E-state index >= 15 is 0 Å². The average molecular weight is 269 g/mol. The van der Waals surface area contributed by atoms with Crippen LogP contribution in [0.2, 0.25) is 0 Å². The molecular formula is C16H17O2Si. The van der Waals surface area contributed by atoms with Crippen molar-refractivity contribution >= 4 is 21.0 Å². The molecule has 0 aliphatic heterocycles. The summed E-state index contributed by atoms with van der Waals surface area (Å²) in [6.07, 6.45) is 4.38. The summed E-state index contributed by atoms with van der Waals surface area (Å²) in [7, 11) is 3.34. The molecule has 0 spiro atoms. The van der Waals surface area contributed by atoms with Crippen molar-refractivity contribution in [3.63, 3.8) is 0 Å². The lowest BCUT2D eigenvalue weighted by Crippen LogP contribution is -2.21. The topological polar surface area (TPSA) is 29.5 Å². The fourth-order valence-corrected chi connectivity index (χ4v) is 3.27.